The number of benzene rings is 2. The number of hydrogen-bond acceptors (Lipinski definition) is 3. The van der Waals surface area contributed by atoms with Crippen molar-refractivity contribution < 1.29 is 15.8 Å². The summed E-state index contributed by atoms with van der Waals surface area (Å²) in [6, 6.07) is 19.8. The van der Waals surface area contributed by atoms with Crippen molar-refractivity contribution in [3.05, 3.63) is 83.3 Å². The van der Waals surface area contributed by atoms with E-state index in [0.717, 1.165) is 33.8 Å². The van der Waals surface area contributed by atoms with E-state index in [9.17, 15) is 0 Å². The summed E-state index contributed by atoms with van der Waals surface area (Å²) >= 11 is 7.00. The average molecular weight is 518 g/mol. The molecule has 0 unspecified atom stereocenters. The van der Waals surface area contributed by atoms with Crippen LogP contribution in [0.25, 0.3) is 0 Å². The molecule has 0 aliphatic heterocycles. The molecule has 1 heterocycles. The summed E-state index contributed by atoms with van der Waals surface area (Å²) < 4.78 is 5.71. The maximum atomic E-state index is 5.71. The number of para-hydroxylation sites is 2. The molecule has 0 fully saturated rings. The molecule has 0 bridgehead atoms. The molecule has 3 nitrogen and oxygen atoms in total. The molecule has 0 N–H and O–H groups in total. The Bertz CT molecular complexity index is 821. The van der Waals surface area contributed by atoms with Gasteiger partial charge >= 0.3 is 39.6 Å². The fraction of sp³-hybridized carbons (Fsp3) is 0.100. The predicted octanol–water partition coefficient (Wildman–Crippen LogP) is 7.09. The third-order valence-electron chi connectivity index (χ3n) is 3.54. The van der Waals surface area contributed by atoms with E-state index in [1.807, 2.05) is 74.5 Å². The molecule has 0 saturated carbocycles. The van der Waals surface area contributed by atoms with Crippen LogP contribution in [0.15, 0.2) is 75.1 Å². The standard InChI is InChI=1S/C20H18N2O.2BrH.Fe/c1-15-7-3-5-9-19(15)21-13-17-11-12-18(23-17)14-22-20-10-6-4-8-16(20)2;;;/h3-14H,1-2H3;2*1H;/q;;;+2/p-2. The number of nitrogens with zero attached hydrogens (tertiary/aromatic N) is 2. The zero-order valence-corrected chi connectivity index (χ0v) is 18.6. The van der Waals surface area contributed by atoms with Gasteiger partial charge in [0, 0.05) is 0 Å². The van der Waals surface area contributed by atoms with E-state index in [1.54, 1.807) is 12.4 Å². The molecule has 0 atom stereocenters. The molecule has 0 radical (unpaired) electrons. The SMILES string of the molecule is Cc1ccccc1N=Cc1ccc(C=Nc2ccccc2C)o1.[Br][Fe][Br]. The summed E-state index contributed by atoms with van der Waals surface area (Å²) in [6.45, 7) is 4.07. The Kier molecular flexibility index (Phi) is 9.06. The van der Waals surface area contributed by atoms with E-state index in [4.69, 9.17) is 4.42 Å². The Morgan fingerprint density at radius 2 is 1.12 bits per heavy atom. The average Bonchev–Trinajstić information content (AvgIpc) is 3.09. The zero-order valence-electron chi connectivity index (χ0n) is 14.3. The van der Waals surface area contributed by atoms with Crippen molar-refractivity contribution in [2.24, 2.45) is 9.98 Å². The molecule has 0 spiro atoms. The van der Waals surface area contributed by atoms with Crippen LogP contribution < -0.4 is 0 Å². The van der Waals surface area contributed by atoms with Crippen molar-refractivity contribution in [2.75, 3.05) is 0 Å². The summed E-state index contributed by atoms with van der Waals surface area (Å²) in [7, 11) is 0. The van der Waals surface area contributed by atoms with Gasteiger partial charge in [0.2, 0.25) is 0 Å². The van der Waals surface area contributed by atoms with Gasteiger partial charge in [-0.05, 0) is 49.2 Å². The van der Waals surface area contributed by atoms with Gasteiger partial charge in [-0.3, -0.25) is 9.98 Å². The fourth-order valence-corrected chi connectivity index (χ4v) is 2.19. The monoisotopic (exact) mass is 516 g/mol. The second-order valence-corrected chi connectivity index (χ2v) is 11.0. The van der Waals surface area contributed by atoms with Gasteiger partial charge in [0.15, 0.2) is 0 Å². The number of furan rings is 1. The first-order chi connectivity index (χ1) is 12.6. The van der Waals surface area contributed by atoms with Crippen LogP contribution in [0.3, 0.4) is 0 Å². The molecule has 3 rings (SSSR count). The van der Waals surface area contributed by atoms with Crippen LogP contribution in [-0.2, 0) is 11.3 Å². The molecule has 136 valence electrons. The van der Waals surface area contributed by atoms with Gasteiger partial charge in [0.1, 0.15) is 11.5 Å². The minimum atomic E-state index is 0.708. The first-order valence-electron chi connectivity index (χ1n) is 7.78. The number of rotatable bonds is 4. The second-order valence-electron chi connectivity index (χ2n) is 5.38. The Morgan fingerprint density at radius 1 is 0.731 bits per heavy atom. The zero-order chi connectivity index (χ0) is 18.8. The Hall–Kier alpha value is -1.46. The molecular weight excluding hydrogens is 500 g/mol. The van der Waals surface area contributed by atoms with E-state index in [2.05, 4.69) is 38.2 Å². The predicted molar refractivity (Wildman–Crippen MR) is 113 cm³/mol. The van der Waals surface area contributed by atoms with Gasteiger partial charge in [-0.25, -0.2) is 0 Å². The molecule has 3 aromatic rings. The summed E-state index contributed by atoms with van der Waals surface area (Å²) in [5.74, 6) is 1.42. The third kappa shape index (κ3) is 6.69. The maximum absolute atomic E-state index is 5.71. The van der Waals surface area contributed by atoms with Crippen molar-refractivity contribution in [3.63, 3.8) is 0 Å². The van der Waals surface area contributed by atoms with Crippen LogP contribution in [0.1, 0.15) is 22.6 Å². The van der Waals surface area contributed by atoms with Crippen LogP contribution >= 0.6 is 28.2 Å². The van der Waals surface area contributed by atoms with Crippen LogP contribution in [0.5, 0.6) is 0 Å². The van der Waals surface area contributed by atoms with E-state index >= 15 is 0 Å². The second kappa shape index (κ2) is 11.3. The Labute approximate surface area is 174 Å². The summed E-state index contributed by atoms with van der Waals surface area (Å²) in [6.07, 6.45) is 3.46. The van der Waals surface area contributed by atoms with E-state index in [1.165, 1.54) is 0 Å². The molecule has 0 amide bonds. The van der Waals surface area contributed by atoms with Gasteiger partial charge in [-0.15, -0.1) is 0 Å². The van der Waals surface area contributed by atoms with Crippen molar-refractivity contribution in [1.82, 2.24) is 0 Å². The van der Waals surface area contributed by atoms with Crippen LogP contribution in [0.4, 0.5) is 11.4 Å². The normalized spacial score (nSPS) is 11.1. The van der Waals surface area contributed by atoms with Gasteiger partial charge in [0.25, 0.3) is 0 Å². The molecule has 2 aromatic carbocycles. The molecule has 6 heteroatoms. The number of aryl methyl sites for hydroxylation is 2. The minimum absolute atomic E-state index is 0.708. The quantitative estimate of drug-likeness (QED) is 0.269. The summed E-state index contributed by atoms with van der Waals surface area (Å²) in [5.41, 5.74) is 4.16. The Balaban J connectivity index is 0.000000758. The topological polar surface area (TPSA) is 37.9 Å². The third-order valence-corrected chi connectivity index (χ3v) is 3.54. The van der Waals surface area contributed by atoms with Crippen LogP contribution in [-0.4, -0.2) is 12.4 Å². The van der Waals surface area contributed by atoms with Crippen molar-refractivity contribution in [2.45, 2.75) is 13.8 Å². The molecule has 26 heavy (non-hydrogen) atoms. The fourth-order valence-electron chi connectivity index (χ4n) is 2.19. The van der Waals surface area contributed by atoms with Gasteiger partial charge < -0.3 is 4.42 Å². The van der Waals surface area contributed by atoms with E-state index < -0.39 is 0 Å². The summed E-state index contributed by atoms with van der Waals surface area (Å²) in [4.78, 5) is 8.92. The first kappa shape index (κ1) is 20.8. The molecule has 0 saturated heterocycles. The van der Waals surface area contributed by atoms with Crippen LogP contribution in [0.2, 0.25) is 0 Å². The molecule has 1 aromatic heterocycles. The molecule has 0 aliphatic carbocycles. The van der Waals surface area contributed by atoms with Gasteiger partial charge in [-0.2, -0.15) is 0 Å². The van der Waals surface area contributed by atoms with Crippen molar-refractivity contribution >= 4 is 52.0 Å². The van der Waals surface area contributed by atoms with Gasteiger partial charge in [0.05, 0.1) is 23.8 Å². The number of hydrogen-bond donors (Lipinski definition) is 0. The van der Waals surface area contributed by atoms with Crippen molar-refractivity contribution in [1.29, 1.82) is 0 Å². The first-order valence-corrected chi connectivity index (χ1v) is 13.2. The Morgan fingerprint density at radius 3 is 1.50 bits per heavy atom. The van der Waals surface area contributed by atoms with Crippen molar-refractivity contribution in [3.8, 4) is 0 Å². The summed E-state index contributed by atoms with van der Waals surface area (Å²) in [5, 5.41) is 0. The van der Waals surface area contributed by atoms with E-state index in [-0.39, 0.29) is 0 Å². The van der Waals surface area contributed by atoms with Gasteiger partial charge in [-0.1, -0.05) is 36.4 Å². The number of aliphatic imine (C=N–C) groups is 2. The number of halogens is 2. The van der Waals surface area contributed by atoms with E-state index in [0.29, 0.717) is 11.5 Å². The van der Waals surface area contributed by atoms with Crippen LogP contribution in [0, 0.1) is 13.8 Å². The molecule has 0 aliphatic rings. The molecular formula is C20H18Br2FeN2O.